The molecule has 0 unspecified atom stereocenters. The molecule has 0 N–H and O–H groups in total. The van der Waals surface area contributed by atoms with Crippen LogP contribution in [0.4, 0.5) is 26.3 Å². The molecule has 0 amide bonds. The van der Waals surface area contributed by atoms with E-state index in [1.807, 2.05) is 0 Å². The number of morpholine rings is 1. The summed E-state index contributed by atoms with van der Waals surface area (Å²) in [5.74, 6) is -0.516. The first-order valence-corrected chi connectivity index (χ1v) is 9.45. The molecule has 1 aliphatic rings. The average molecular weight is 443 g/mol. The molecule has 0 aliphatic carbocycles. The molecule has 1 saturated heterocycles. The smallest absolute Gasteiger partial charge is 0.378 e. The summed E-state index contributed by atoms with van der Waals surface area (Å²) >= 11 is 0. The molecule has 3 nitrogen and oxygen atoms in total. The number of alkyl halides is 6. The van der Waals surface area contributed by atoms with E-state index in [1.165, 1.54) is 30.3 Å². The molecule has 9 heteroatoms. The van der Waals surface area contributed by atoms with Gasteiger partial charge in [-0.3, -0.25) is 4.79 Å². The van der Waals surface area contributed by atoms with Gasteiger partial charge in [0.05, 0.1) is 24.3 Å². The number of nitrogens with zero attached hydrogens (tertiary/aromatic N) is 1. The Bertz CT molecular complexity index is 959. The second-order valence-corrected chi connectivity index (χ2v) is 7.05. The molecule has 0 spiro atoms. The van der Waals surface area contributed by atoms with Crippen molar-refractivity contribution in [2.24, 2.45) is 0 Å². The molecule has 1 fully saturated rings. The van der Waals surface area contributed by atoms with Gasteiger partial charge in [-0.1, -0.05) is 30.3 Å². The highest BCUT2D eigenvalue weighted by atomic mass is 19.4. The molecule has 0 atom stereocenters. The summed E-state index contributed by atoms with van der Waals surface area (Å²) in [7, 11) is 0. The number of allylic oxidation sites excluding steroid dienone is 1. The summed E-state index contributed by atoms with van der Waals surface area (Å²) in [4.78, 5) is 14.4. The van der Waals surface area contributed by atoms with E-state index in [1.54, 1.807) is 4.90 Å². The Labute approximate surface area is 174 Å². The lowest BCUT2D eigenvalue weighted by Crippen LogP contribution is -2.35. The Kier molecular flexibility index (Phi) is 6.74. The van der Waals surface area contributed by atoms with Crippen molar-refractivity contribution < 1.29 is 35.9 Å². The van der Waals surface area contributed by atoms with Gasteiger partial charge in [-0.2, -0.15) is 26.3 Å². The van der Waals surface area contributed by atoms with Crippen LogP contribution in [0.15, 0.2) is 54.6 Å². The lowest BCUT2D eigenvalue weighted by molar-refractivity contribution is -0.138. The van der Waals surface area contributed by atoms with Gasteiger partial charge in [0.1, 0.15) is 0 Å². The minimum Gasteiger partial charge on any atom is -0.378 e. The minimum atomic E-state index is -4.55. The monoisotopic (exact) mass is 443 g/mol. The number of halogens is 6. The standard InChI is InChI=1S/C22H19F6NO2/c23-21(24,25)17-5-1-3-15(11-17)12-19(30)14-20(29-7-9-31-10-8-29)16-4-2-6-18(13-16)22(26,27)28/h1-6,11,13-14H,7-10,12H2. The highest BCUT2D eigenvalue weighted by Gasteiger charge is 2.32. The van der Waals surface area contributed by atoms with E-state index < -0.39 is 29.3 Å². The van der Waals surface area contributed by atoms with Crippen LogP contribution >= 0.6 is 0 Å². The number of carbonyl (C=O) groups is 1. The van der Waals surface area contributed by atoms with Gasteiger partial charge in [-0.05, 0) is 29.3 Å². The first kappa shape index (κ1) is 22.9. The minimum absolute atomic E-state index is 0.168. The van der Waals surface area contributed by atoms with E-state index in [2.05, 4.69) is 0 Å². The molecular weight excluding hydrogens is 424 g/mol. The zero-order valence-corrected chi connectivity index (χ0v) is 16.3. The maximum Gasteiger partial charge on any atom is 0.416 e. The van der Waals surface area contributed by atoms with Crippen molar-refractivity contribution in [3.05, 3.63) is 76.9 Å². The Morgan fingerprint density at radius 1 is 0.903 bits per heavy atom. The quantitative estimate of drug-likeness (QED) is 0.470. The molecule has 31 heavy (non-hydrogen) atoms. The van der Waals surface area contributed by atoms with E-state index in [0.717, 1.165) is 24.3 Å². The van der Waals surface area contributed by atoms with Crippen LogP contribution in [0.3, 0.4) is 0 Å². The summed E-state index contributed by atoms with van der Waals surface area (Å²) in [6.07, 6.45) is -8.20. The molecule has 0 saturated carbocycles. The fourth-order valence-corrected chi connectivity index (χ4v) is 3.28. The van der Waals surface area contributed by atoms with Crippen LogP contribution in [0.25, 0.3) is 5.70 Å². The third-order valence-electron chi connectivity index (χ3n) is 4.77. The largest absolute Gasteiger partial charge is 0.416 e. The molecule has 0 aromatic heterocycles. The first-order chi connectivity index (χ1) is 14.5. The highest BCUT2D eigenvalue weighted by Crippen LogP contribution is 2.32. The van der Waals surface area contributed by atoms with E-state index in [0.29, 0.717) is 26.3 Å². The number of ketones is 1. The predicted molar refractivity (Wildman–Crippen MR) is 102 cm³/mol. The van der Waals surface area contributed by atoms with Crippen molar-refractivity contribution in [2.75, 3.05) is 26.3 Å². The molecule has 2 aromatic carbocycles. The summed E-state index contributed by atoms with van der Waals surface area (Å²) < 4.78 is 83.4. The normalized spacial score (nSPS) is 15.8. The third-order valence-corrected chi connectivity index (χ3v) is 4.77. The molecule has 1 aliphatic heterocycles. The number of benzene rings is 2. The van der Waals surface area contributed by atoms with Crippen molar-refractivity contribution in [1.29, 1.82) is 0 Å². The summed E-state index contributed by atoms with van der Waals surface area (Å²) in [6.45, 7) is 1.44. The van der Waals surface area contributed by atoms with Crippen molar-refractivity contribution in [2.45, 2.75) is 18.8 Å². The lowest BCUT2D eigenvalue weighted by atomic mass is 10.0. The van der Waals surface area contributed by atoms with Gasteiger partial charge in [0.15, 0.2) is 5.78 Å². The topological polar surface area (TPSA) is 29.5 Å². The Morgan fingerprint density at radius 2 is 1.48 bits per heavy atom. The van der Waals surface area contributed by atoms with Gasteiger partial charge >= 0.3 is 12.4 Å². The van der Waals surface area contributed by atoms with Crippen LogP contribution < -0.4 is 0 Å². The summed E-state index contributed by atoms with van der Waals surface area (Å²) in [5.41, 5.74) is -1.07. The van der Waals surface area contributed by atoms with E-state index in [9.17, 15) is 31.1 Å². The fraction of sp³-hybridized carbons (Fsp3) is 0.318. The summed E-state index contributed by atoms with van der Waals surface area (Å²) in [5, 5.41) is 0. The number of ether oxygens (including phenoxy) is 1. The fourth-order valence-electron chi connectivity index (χ4n) is 3.28. The Balaban J connectivity index is 1.92. The van der Waals surface area contributed by atoms with Gasteiger partial charge in [-0.15, -0.1) is 0 Å². The highest BCUT2D eigenvalue weighted by molar-refractivity contribution is 5.97. The number of rotatable bonds is 5. The second kappa shape index (κ2) is 9.13. The molecule has 2 aromatic rings. The van der Waals surface area contributed by atoms with Crippen LogP contribution in [-0.4, -0.2) is 37.0 Å². The summed E-state index contributed by atoms with van der Waals surface area (Å²) in [6, 6.07) is 9.03. The van der Waals surface area contributed by atoms with Crippen LogP contribution in [0.1, 0.15) is 22.3 Å². The predicted octanol–water partition coefficient (Wildman–Crippen LogP) is 5.21. The van der Waals surface area contributed by atoms with Gasteiger partial charge in [0.25, 0.3) is 0 Å². The average Bonchev–Trinajstić information content (AvgIpc) is 2.72. The molecule has 1 heterocycles. The maximum absolute atomic E-state index is 13.1. The van der Waals surface area contributed by atoms with Gasteiger partial charge in [0, 0.05) is 31.3 Å². The maximum atomic E-state index is 13.1. The van der Waals surface area contributed by atoms with Crippen LogP contribution in [0, 0.1) is 0 Å². The molecular formula is C22H19F6NO2. The van der Waals surface area contributed by atoms with E-state index in [-0.39, 0.29) is 23.2 Å². The van der Waals surface area contributed by atoms with Crippen LogP contribution in [-0.2, 0) is 28.3 Å². The third kappa shape index (κ3) is 6.10. The molecule has 3 rings (SSSR count). The number of hydrogen-bond acceptors (Lipinski definition) is 3. The van der Waals surface area contributed by atoms with Gasteiger partial charge in [-0.25, -0.2) is 0 Å². The first-order valence-electron chi connectivity index (χ1n) is 9.45. The Hall–Kier alpha value is -2.81. The Morgan fingerprint density at radius 3 is 2.10 bits per heavy atom. The van der Waals surface area contributed by atoms with Gasteiger partial charge < -0.3 is 9.64 Å². The SMILES string of the molecule is O=C(C=C(c1cccc(C(F)(F)F)c1)N1CCOCC1)Cc1cccc(C(F)(F)F)c1. The van der Waals surface area contributed by atoms with E-state index in [4.69, 9.17) is 4.74 Å². The van der Waals surface area contributed by atoms with Crippen molar-refractivity contribution in [1.82, 2.24) is 4.90 Å². The molecule has 0 bridgehead atoms. The molecule has 166 valence electrons. The van der Waals surface area contributed by atoms with Crippen molar-refractivity contribution >= 4 is 11.5 Å². The number of carbonyl (C=O) groups excluding carboxylic acids is 1. The van der Waals surface area contributed by atoms with Crippen molar-refractivity contribution in [3.63, 3.8) is 0 Å². The zero-order chi connectivity index (χ0) is 22.6. The molecule has 0 radical (unpaired) electrons. The van der Waals surface area contributed by atoms with Crippen LogP contribution in [0.5, 0.6) is 0 Å². The van der Waals surface area contributed by atoms with Crippen LogP contribution in [0.2, 0.25) is 0 Å². The zero-order valence-electron chi connectivity index (χ0n) is 16.3. The lowest BCUT2D eigenvalue weighted by Gasteiger charge is -2.31. The van der Waals surface area contributed by atoms with Gasteiger partial charge in [0.2, 0.25) is 0 Å². The number of hydrogen-bond donors (Lipinski definition) is 0. The second-order valence-electron chi connectivity index (χ2n) is 7.05. The van der Waals surface area contributed by atoms with E-state index >= 15 is 0 Å². The van der Waals surface area contributed by atoms with Crippen molar-refractivity contribution in [3.8, 4) is 0 Å².